The Balaban J connectivity index is 1.68. The third-order valence-electron chi connectivity index (χ3n) is 5.50. The lowest BCUT2D eigenvalue weighted by Crippen LogP contribution is -2.32. The van der Waals surface area contributed by atoms with Crippen LogP contribution in [0.25, 0.3) is 0 Å². The SMILES string of the molecule is C[C@](O)(c1cccc(O[C@H]2CCCCO2)c1)[C@H](c1ccccc1)c1ccccn1. The molecule has 0 radical (unpaired) electrons. The zero-order valence-electron chi connectivity index (χ0n) is 16.7. The van der Waals surface area contributed by atoms with Gasteiger partial charge in [-0.2, -0.15) is 0 Å². The van der Waals surface area contributed by atoms with Crippen molar-refractivity contribution in [3.8, 4) is 5.75 Å². The van der Waals surface area contributed by atoms with E-state index in [9.17, 15) is 5.11 Å². The van der Waals surface area contributed by atoms with E-state index in [1.165, 1.54) is 0 Å². The van der Waals surface area contributed by atoms with E-state index in [-0.39, 0.29) is 12.2 Å². The van der Waals surface area contributed by atoms with Gasteiger partial charge in [-0.1, -0.05) is 48.5 Å². The third-order valence-corrected chi connectivity index (χ3v) is 5.50. The van der Waals surface area contributed by atoms with E-state index < -0.39 is 5.60 Å². The summed E-state index contributed by atoms with van der Waals surface area (Å²) in [6.07, 6.45) is 4.63. The predicted octanol–water partition coefficient (Wildman–Crippen LogP) is 5.03. The van der Waals surface area contributed by atoms with E-state index in [1.807, 2.05) is 79.7 Å². The molecule has 2 aromatic carbocycles. The Bertz CT molecular complexity index is 866. The van der Waals surface area contributed by atoms with Crippen molar-refractivity contribution in [1.82, 2.24) is 4.98 Å². The Hall–Kier alpha value is -2.69. The van der Waals surface area contributed by atoms with Gasteiger partial charge in [0.15, 0.2) is 6.29 Å². The molecule has 29 heavy (non-hydrogen) atoms. The molecule has 3 aromatic rings. The second-order valence-electron chi connectivity index (χ2n) is 7.69. The summed E-state index contributed by atoms with van der Waals surface area (Å²) in [6, 6.07) is 23.5. The highest BCUT2D eigenvalue weighted by molar-refractivity contribution is 5.40. The van der Waals surface area contributed by atoms with E-state index in [0.717, 1.165) is 42.7 Å². The lowest BCUT2D eigenvalue weighted by atomic mass is 9.76. The fraction of sp³-hybridized carbons (Fsp3) is 0.320. The molecular weight excluding hydrogens is 362 g/mol. The molecule has 1 fully saturated rings. The van der Waals surface area contributed by atoms with Crippen molar-refractivity contribution in [2.45, 2.75) is 44.0 Å². The van der Waals surface area contributed by atoms with Crippen LogP contribution in [0, 0.1) is 0 Å². The molecule has 0 bridgehead atoms. The van der Waals surface area contributed by atoms with E-state index in [4.69, 9.17) is 9.47 Å². The standard InChI is InChI=1S/C25H27NO3/c1-25(27,20-12-9-13-21(18-20)29-23-15-6-8-17-28-23)24(19-10-3-2-4-11-19)22-14-5-7-16-26-22/h2-5,7,9-14,16,18,23-24,27H,6,8,15,17H2,1H3/t23-,24+,25-/m0/s1. The largest absolute Gasteiger partial charge is 0.465 e. The van der Waals surface area contributed by atoms with Crippen molar-refractivity contribution >= 4 is 0 Å². The highest BCUT2D eigenvalue weighted by Gasteiger charge is 2.37. The van der Waals surface area contributed by atoms with Gasteiger partial charge in [-0.3, -0.25) is 4.98 Å². The smallest absolute Gasteiger partial charge is 0.199 e. The summed E-state index contributed by atoms with van der Waals surface area (Å²) in [5.74, 6) is 0.397. The first-order valence-electron chi connectivity index (χ1n) is 10.2. The van der Waals surface area contributed by atoms with Crippen LogP contribution in [0.15, 0.2) is 79.0 Å². The van der Waals surface area contributed by atoms with Crippen molar-refractivity contribution in [1.29, 1.82) is 0 Å². The third kappa shape index (κ3) is 4.50. The highest BCUT2D eigenvalue weighted by Crippen LogP contribution is 2.41. The van der Waals surface area contributed by atoms with Crippen molar-refractivity contribution in [3.05, 3.63) is 95.8 Å². The molecule has 3 atom stereocenters. The van der Waals surface area contributed by atoms with Crippen molar-refractivity contribution in [2.75, 3.05) is 6.61 Å². The molecule has 1 aliphatic heterocycles. The van der Waals surface area contributed by atoms with E-state index >= 15 is 0 Å². The molecule has 150 valence electrons. The average molecular weight is 389 g/mol. The molecule has 4 rings (SSSR count). The van der Waals surface area contributed by atoms with Gasteiger partial charge in [-0.05, 0) is 55.2 Å². The first-order chi connectivity index (χ1) is 14.1. The minimum Gasteiger partial charge on any atom is -0.465 e. The van der Waals surface area contributed by atoms with Gasteiger partial charge < -0.3 is 14.6 Å². The summed E-state index contributed by atoms with van der Waals surface area (Å²) >= 11 is 0. The minimum atomic E-state index is -1.18. The monoisotopic (exact) mass is 389 g/mol. The van der Waals surface area contributed by atoms with Crippen LogP contribution in [0.1, 0.15) is 48.9 Å². The molecule has 1 aromatic heterocycles. The van der Waals surface area contributed by atoms with E-state index in [2.05, 4.69) is 4.98 Å². The topological polar surface area (TPSA) is 51.6 Å². The van der Waals surface area contributed by atoms with Gasteiger partial charge >= 0.3 is 0 Å². The van der Waals surface area contributed by atoms with E-state index in [1.54, 1.807) is 6.20 Å². The molecule has 0 unspecified atom stereocenters. The van der Waals surface area contributed by atoms with Crippen LogP contribution in [0.2, 0.25) is 0 Å². The molecule has 0 spiro atoms. The first kappa shape index (κ1) is 19.6. The Morgan fingerprint density at radius 1 is 1.03 bits per heavy atom. The Kier molecular flexibility index (Phi) is 5.93. The van der Waals surface area contributed by atoms with Crippen molar-refractivity contribution < 1.29 is 14.6 Å². The van der Waals surface area contributed by atoms with Crippen molar-refractivity contribution in [2.24, 2.45) is 0 Å². The molecule has 4 heteroatoms. The number of rotatable bonds is 6. The van der Waals surface area contributed by atoms with Crippen molar-refractivity contribution in [3.63, 3.8) is 0 Å². The Morgan fingerprint density at radius 3 is 2.59 bits per heavy atom. The summed E-state index contributed by atoms with van der Waals surface area (Å²) in [6.45, 7) is 2.58. The number of benzene rings is 2. The zero-order chi connectivity index (χ0) is 20.1. The summed E-state index contributed by atoms with van der Waals surface area (Å²) in [4.78, 5) is 4.55. The normalized spacial score (nSPS) is 19.9. The van der Waals surface area contributed by atoms with Crippen LogP contribution in [-0.2, 0) is 10.3 Å². The van der Waals surface area contributed by atoms with Gasteiger partial charge in [0, 0.05) is 12.6 Å². The second-order valence-corrected chi connectivity index (χ2v) is 7.69. The predicted molar refractivity (Wildman–Crippen MR) is 113 cm³/mol. The van der Waals surface area contributed by atoms with Gasteiger partial charge in [-0.15, -0.1) is 0 Å². The Labute approximate surface area is 172 Å². The van der Waals surface area contributed by atoms with Crippen LogP contribution in [0.3, 0.4) is 0 Å². The van der Waals surface area contributed by atoms with Gasteiger partial charge in [0.2, 0.25) is 0 Å². The molecule has 0 amide bonds. The van der Waals surface area contributed by atoms with E-state index in [0.29, 0.717) is 5.75 Å². The van der Waals surface area contributed by atoms with Gasteiger partial charge in [0.1, 0.15) is 5.75 Å². The number of hydrogen-bond acceptors (Lipinski definition) is 4. The molecule has 4 nitrogen and oxygen atoms in total. The van der Waals surface area contributed by atoms with Gasteiger partial charge in [0.05, 0.1) is 23.8 Å². The molecule has 2 heterocycles. The number of nitrogens with zero attached hydrogens (tertiary/aromatic N) is 1. The van der Waals surface area contributed by atoms with Crippen LogP contribution >= 0.6 is 0 Å². The average Bonchev–Trinajstić information content (AvgIpc) is 2.76. The molecule has 1 aliphatic rings. The zero-order valence-corrected chi connectivity index (χ0v) is 16.7. The quantitative estimate of drug-likeness (QED) is 0.643. The Morgan fingerprint density at radius 2 is 1.86 bits per heavy atom. The molecule has 0 aliphatic carbocycles. The highest BCUT2D eigenvalue weighted by atomic mass is 16.7. The number of ether oxygens (including phenoxy) is 2. The number of pyridine rings is 1. The molecular formula is C25H27NO3. The molecule has 1 saturated heterocycles. The van der Waals surface area contributed by atoms with Gasteiger partial charge in [0.25, 0.3) is 0 Å². The maximum Gasteiger partial charge on any atom is 0.199 e. The number of aromatic nitrogens is 1. The summed E-state index contributed by atoms with van der Waals surface area (Å²) in [5, 5.41) is 11.8. The number of aliphatic hydroxyl groups is 1. The van der Waals surface area contributed by atoms with Gasteiger partial charge in [-0.25, -0.2) is 0 Å². The maximum atomic E-state index is 11.8. The number of hydrogen-bond donors (Lipinski definition) is 1. The van der Waals surface area contributed by atoms with Crippen LogP contribution < -0.4 is 4.74 Å². The van der Waals surface area contributed by atoms with Crippen LogP contribution in [0.4, 0.5) is 0 Å². The van der Waals surface area contributed by atoms with Crippen LogP contribution in [0.5, 0.6) is 5.75 Å². The van der Waals surface area contributed by atoms with Crippen LogP contribution in [-0.4, -0.2) is 23.0 Å². The lowest BCUT2D eigenvalue weighted by Gasteiger charge is -2.34. The molecule has 1 N–H and O–H groups in total. The molecule has 0 saturated carbocycles. The first-order valence-corrected chi connectivity index (χ1v) is 10.2. The lowest BCUT2D eigenvalue weighted by molar-refractivity contribution is -0.106. The summed E-state index contributed by atoms with van der Waals surface area (Å²) in [5.41, 5.74) is 1.44. The fourth-order valence-corrected chi connectivity index (χ4v) is 3.98. The maximum absolute atomic E-state index is 11.8. The fourth-order valence-electron chi connectivity index (χ4n) is 3.98. The summed E-state index contributed by atoms with van der Waals surface area (Å²) in [7, 11) is 0. The summed E-state index contributed by atoms with van der Waals surface area (Å²) < 4.78 is 11.7. The second kappa shape index (κ2) is 8.76. The minimum absolute atomic E-state index is 0.218.